The van der Waals surface area contributed by atoms with Crippen molar-refractivity contribution >= 4 is 43.5 Å². The number of carbonyl (C=O) groups excluding carboxylic acids is 1. The molecule has 0 spiro atoms. The average molecular weight is 361 g/mol. The van der Waals surface area contributed by atoms with Crippen LogP contribution < -0.4 is 5.32 Å². The van der Waals surface area contributed by atoms with Gasteiger partial charge in [-0.1, -0.05) is 31.9 Å². The van der Waals surface area contributed by atoms with E-state index in [-0.39, 0.29) is 5.69 Å². The highest BCUT2D eigenvalue weighted by Crippen LogP contribution is 2.29. The molecule has 2 nitrogen and oxygen atoms in total. The number of hydrogen-bond acceptors (Lipinski definition) is 1. The van der Waals surface area contributed by atoms with Gasteiger partial charge in [0.15, 0.2) is 0 Å². The van der Waals surface area contributed by atoms with Gasteiger partial charge >= 0.3 is 12.1 Å². The largest absolute Gasteiger partial charge is 0.471 e. The van der Waals surface area contributed by atoms with Crippen molar-refractivity contribution in [3.8, 4) is 0 Å². The van der Waals surface area contributed by atoms with Gasteiger partial charge in [0.25, 0.3) is 0 Å². The summed E-state index contributed by atoms with van der Waals surface area (Å²) >= 11 is 6.35. The molecular weight excluding hydrogens is 355 g/mol. The number of hydrogen-bond donors (Lipinski definition) is 1. The van der Waals surface area contributed by atoms with Gasteiger partial charge in [-0.05, 0) is 24.6 Å². The lowest BCUT2D eigenvalue weighted by atomic mass is 10.2. The summed E-state index contributed by atoms with van der Waals surface area (Å²) in [5.74, 6) is -1.99. The second-order valence-electron chi connectivity index (χ2n) is 3.02. The topological polar surface area (TPSA) is 29.1 Å². The van der Waals surface area contributed by atoms with Gasteiger partial charge in [-0.15, -0.1) is 0 Å². The molecule has 0 unspecified atom stereocenters. The van der Waals surface area contributed by atoms with E-state index in [1.54, 1.807) is 12.2 Å². The predicted octanol–water partition coefficient (Wildman–Crippen LogP) is 4.02. The van der Waals surface area contributed by atoms with Gasteiger partial charge < -0.3 is 5.32 Å². The van der Waals surface area contributed by atoms with Crippen molar-refractivity contribution in [3.63, 3.8) is 0 Å². The average Bonchev–Trinajstić information content (AvgIpc) is 2.12. The molecule has 0 atom stereocenters. The summed E-state index contributed by atoms with van der Waals surface area (Å²) in [6.07, 6.45) is -4.89. The number of benzene rings is 1. The molecule has 88 valence electrons. The van der Waals surface area contributed by atoms with E-state index in [1.165, 1.54) is 12.1 Å². The van der Waals surface area contributed by atoms with E-state index in [0.717, 1.165) is 5.56 Å². The summed E-state index contributed by atoms with van der Waals surface area (Å²) in [6, 6.07) is 2.81. The van der Waals surface area contributed by atoms with Gasteiger partial charge in [-0.3, -0.25) is 4.79 Å². The van der Waals surface area contributed by atoms with Crippen LogP contribution in [0.1, 0.15) is 5.56 Å². The summed E-state index contributed by atoms with van der Waals surface area (Å²) in [5, 5.41) is 1.77. The van der Waals surface area contributed by atoms with E-state index in [2.05, 4.69) is 31.9 Å². The first-order valence-electron chi connectivity index (χ1n) is 4.05. The van der Waals surface area contributed by atoms with Crippen LogP contribution in [0.4, 0.5) is 18.9 Å². The third-order valence-corrected chi connectivity index (χ3v) is 3.44. The van der Waals surface area contributed by atoms with Crippen LogP contribution in [0.15, 0.2) is 21.1 Å². The first kappa shape index (κ1) is 13.5. The van der Waals surface area contributed by atoms with Crippen molar-refractivity contribution in [2.75, 3.05) is 5.32 Å². The van der Waals surface area contributed by atoms with Crippen molar-refractivity contribution in [3.05, 3.63) is 26.6 Å². The Hall–Kier alpha value is -0.560. The van der Waals surface area contributed by atoms with Crippen molar-refractivity contribution in [2.45, 2.75) is 13.1 Å². The summed E-state index contributed by atoms with van der Waals surface area (Å²) < 4.78 is 37.2. The van der Waals surface area contributed by atoms with Crippen LogP contribution in [0.5, 0.6) is 0 Å². The van der Waals surface area contributed by atoms with Gasteiger partial charge in [0.1, 0.15) is 0 Å². The molecule has 0 aromatic heterocycles. The van der Waals surface area contributed by atoms with Crippen molar-refractivity contribution in [1.29, 1.82) is 0 Å². The normalized spacial score (nSPS) is 11.4. The summed E-state index contributed by atoms with van der Waals surface area (Å²) in [4.78, 5) is 10.7. The van der Waals surface area contributed by atoms with Gasteiger partial charge in [-0.2, -0.15) is 13.2 Å². The molecule has 0 aliphatic rings. The maximum atomic E-state index is 12.0. The number of anilines is 1. The minimum Gasteiger partial charge on any atom is -0.318 e. The minimum absolute atomic E-state index is 0.0756. The van der Waals surface area contributed by atoms with E-state index in [1.807, 2.05) is 0 Å². The lowest BCUT2D eigenvalue weighted by Gasteiger charge is -2.10. The molecule has 0 aliphatic heterocycles. The molecule has 1 aromatic carbocycles. The Kier molecular flexibility index (Phi) is 4.01. The van der Waals surface area contributed by atoms with Crippen LogP contribution in [-0.2, 0) is 4.79 Å². The molecule has 16 heavy (non-hydrogen) atoms. The van der Waals surface area contributed by atoms with E-state index in [9.17, 15) is 18.0 Å². The van der Waals surface area contributed by atoms with Crippen LogP contribution in [0.25, 0.3) is 0 Å². The highest BCUT2D eigenvalue weighted by Gasteiger charge is 2.38. The van der Waals surface area contributed by atoms with Crippen LogP contribution >= 0.6 is 31.9 Å². The van der Waals surface area contributed by atoms with Gasteiger partial charge in [0, 0.05) is 14.6 Å². The SMILES string of the molecule is Cc1c(Br)cc(NC(=O)C(F)(F)F)cc1Br. The molecule has 0 saturated heterocycles. The van der Waals surface area contributed by atoms with E-state index >= 15 is 0 Å². The van der Waals surface area contributed by atoms with Crippen LogP contribution in [-0.4, -0.2) is 12.1 Å². The molecule has 0 heterocycles. The second-order valence-corrected chi connectivity index (χ2v) is 4.73. The zero-order valence-corrected chi connectivity index (χ0v) is 11.1. The van der Waals surface area contributed by atoms with Gasteiger partial charge in [0.2, 0.25) is 0 Å². The molecular formula is C9H6Br2F3NO. The highest BCUT2D eigenvalue weighted by molar-refractivity contribution is 9.11. The van der Waals surface area contributed by atoms with Crippen LogP contribution in [0.2, 0.25) is 0 Å². The number of halogens is 5. The van der Waals surface area contributed by atoms with Crippen LogP contribution in [0, 0.1) is 6.92 Å². The Morgan fingerprint density at radius 2 is 1.69 bits per heavy atom. The molecule has 1 aromatic rings. The Labute approximate surface area is 106 Å². The lowest BCUT2D eigenvalue weighted by molar-refractivity contribution is -0.167. The van der Waals surface area contributed by atoms with Gasteiger partial charge in [-0.25, -0.2) is 0 Å². The van der Waals surface area contributed by atoms with Crippen molar-refractivity contribution in [1.82, 2.24) is 0 Å². The number of carbonyl (C=O) groups is 1. The van der Waals surface area contributed by atoms with Crippen molar-refractivity contribution < 1.29 is 18.0 Å². The molecule has 0 saturated carbocycles. The van der Waals surface area contributed by atoms with E-state index in [4.69, 9.17) is 0 Å². The fourth-order valence-corrected chi connectivity index (χ4v) is 2.11. The van der Waals surface area contributed by atoms with E-state index in [0.29, 0.717) is 8.95 Å². The molecule has 7 heteroatoms. The molecule has 1 amide bonds. The molecule has 1 rings (SSSR count). The predicted molar refractivity (Wildman–Crippen MR) is 61.3 cm³/mol. The molecule has 1 N–H and O–H groups in total. The monoisotopic (exact) mass is 359 g/mol. The number of alkyl halides is 3. The number of nitrogens with one attached hydrogen (secondary N) is 1. The third kappa shape index (κ3) is 3.21. The first-order chi connectivity index (χ1) is 7.21. The second kappa shape index (κ2) is 4.75. The molecule has 0 bridgehead atoms. The fourth-order valence-electron chi connectivity index (χ4n) is 0.919. The number of amides is 1. The zero-order valence-electron chi connectivity index (χ0n) is 7.95. The number of rotatable bonds is 1. The third-order valence-electron chi connectivity index (χ3n) is 1.80. The zero-order chi connectivity index (χ0) is 12.5. The Morgan fingerprint density at radius 3 is 2.06 bits per heavy atom. The lowest BCUT2D eigenvalue weighted by Crippen LogP contribution is -2.29. The summed E-state index contributed by atoms with van der Waals surface area (Å²) in [7, 11) is 0. The Balaban J connectivity index is 2.96. The van der Waals surface area contributed by atoms with Gasteiger partial charge in [0.05, 0.1) is 0 Å². The quantitative estimate of drug-likeness (QED) is 0.805. The molecule has 0 radical (unpaired) electrons. The maximum absolute atomic E-state index is 12.0. The fraction of sp³-hybridized carbons (Fsp3) is 0.222. The molecule has 0 fully saturated rings. The standard InChI is InChI=1S/C9H6Br2F3NO/c1-4-6(10)2-5(3-7(4)11)15-8(16)9(12,13)14/h2-3H,1H3,(H,15,16). The maximum Gasteiger partial charge on any atom is 0.471 e. The summed E-state index contributed by atoms with van der Waals surface area (Å²) in [6.45, 7) is 1.78. The van der Waals surface area contributed by atoms with Crippen molar-refractivity contribution in [2.24, 2.45) is 0 Å². The highest BCUT2D eigenvalue weighted by atomic mass is 79.9. The Bertz CT molecular complexity index is 408. The summed E-state index contributed by atoms with van der Waals surface area (Å²) in [5.41, 5.74) is 0.914. The first-order valence-corrected chi connectivity index (χ1v) is 5.64. The Morgan fingerprint density at radius 1 is 1.25 bits per heavy atom. The van der Waals surface area contributed by atoms with Crippen LogP contribution in [0.3, 0.4) is 0 Å². The smallest absolute Gasteiger partial charge is 0.318 e. The minimum atomic E-state index is -4.89. The van der Waals surface area contributed by atoms with E-state index < -0.39 is 12.1 Å². The molecule has 0 aliphatic carbocycles.